The molecule has 0 aromatic heterocycles. The molecular weight excluding hydrogens is 319 g/mol. The molecule has 3 aliphatic carbocycles. The lowest BCUT2D eigenvalue weighted by molar-refractivity contribution is 0.760. The van der Waals surface area contributed by atoms with Crippen LogP contribution in [0.2, 0.25) is 0 Å². The molecular formula is C21H35ClP+. The van der Waals surface area contributed by atoms with E-state index in [2.05, 4.69) is 26.0 Å². The van der Waals surface area contributed by atoms with E-state index in [9.17, 15) is 0 Å². The average molecular weight is 354 g/mol. The summed E-state index contributed by atoms with van der Waals surface area (Å²) in [6, 6.07) is 0. The Kier molecular flexibility index (Phi) is 6.30. The van der Waals surface area contributed by atoms with E-state index in [0.717, 1.165) is 17.0 Å². The minimum Gasteiger partial charge on any atom is -0.0763 e. The minimum absolute atomic E-state index is 0.961. The Morgan fingerprint density at radius 2 is 1.04 bits per heavy atom. The maximum absolute atomic E-state index is 7.25. The molecule has 3 fully saturated rings. The third-order valence-electron chi connectivity index (χ3n) is 6.71. The standard InChI is InChI=1S/C21H35ClP/c1-17(2)15-16-21(22)23(18-9-3-4-10-18,19-11-5-6-12-19)20-13-7-8-14-20/h15-16,18-20H,3-14H2,1-2H3/q+1/b21-16-. The van der Waals surface area contributed by atoms with Crippen LogP contribution in [0.1, 0.15) is 90.9 Å². The third kappa shape index (κ3) is 3.59. The third-order valence-corrected chi connectivity index (χ3v) is 13.8. The molecule has 0 nitrogen and oxygen atoms in total. The van der Waals surface area contributed by atoms with Crippen molar-refractivity contribution in [3.05, 3.63) is 22.5 Å². The van der Waals surface area contributed by atoms with Gasteiger partial charge in [0, 0.05) is 0 Å². The molecule has 3 saturated carbocycles. The Morgan fingerprint density at radius 1 is 0.696 bits per heavy atom. The number of allylic oxidation sites excluding steroid dienone is 3. The zero-order valence-electron chi connectivity index (χ0n) is 15.2. The largest absolute Gasteiger partial charge is 0.160 e. The SMILES string of the molecule is CC(C)=C/C=C(/Cl)[P+](C1CCCC1)(C1CCCC1)C1CCCC1. The van der Waals surface area contributed by atoms with E-state index < -0.39 is 7.26 Å². The maximum atomic E-state index is 7.25. The zero-order valence-corrected chi connectivity index (χ0v) is 16.8. The first-order valence-corrected chi connectivity index (χ1v) is 12.4. The van der Waals surface area contributed by atoms with Crippen molar-refractivity contribution in [2.24, 2.45) is 0 Å². The van der Waals surface area contributed by atoms with Gasteiger partial charge in [0.1, 0.15) is 0 Å². The summed E-state index contributed by atoms with van der Waals surface area (Å²) in [4.78, 5) is 0. The molecule has 0 atom stereocenters. The molecule has 0 aromatic carbocycles. The highest BCUT2D eigenvalue weighted by Gasteiger charge is 2.60. The summed E-state index contributed by atoms with van der Waals surface area (Å²) in [6.45, 7) is 4.39. The van der Waals surface area contributed by atoms with E-state index in [1.54, 1.807) is 0 Å². The Bertz CT molecular complexity index is 402. The van der Waals surface area contributed by atoms with Crippen molar-refractivity contribution in [3.8, 4) is 0 Å². The van der Waals surface area contributed by atoms with Crippen molar-refractivity contribution >= 4 is 18.9 Å². The van der Waals surface area contributed by atoms with Gasteiger partial charge >= 0.3 is 0 Å². The first-order chi connectivity index (χ1) is 11.2. The van der Waals surface area contributed by atoms with E-state index in [-0.39, 0.29) is 0 Å². The Balaban J connectivity index is 2.03. The average Bonchev–Trinajstić information content (AvgIpc) is 3.29. The van der Waals surface area contributed by atoms with Crippen LogP contribution in [0.3, 0.4) is 0 Å². The van der Waals surface area contributed by atoms with Gasteiger partial charge in [0.2, 0.25) is 0 Å². The quantitative estimate of drug-likeness (QED) is 0.348. The molecule has 130 valence electrons. The lowest BCUT2D eigenvalue weighted by Gasteiger charge is -2.41. The number of rotatable bonds is 5. The number of halogens is 1. The van der Waals surface area contributed by atoms with Crippen LogP contribution in [0, 0.1) is 0 Å². The minimum atomic E-state index is -1.20. The summed E-state index contributed by atoms with van der Waals surface area (Å²) in [5.74, 6) is 0. The topological polar surface area (TPSA) is 0 Å². The van der Waals surface area contributed by atoms with Gasteiger partial charge in [-0.2, -0.15) is 0 Å². The van der Waals surface area contributed by atoms with Crippen molar-refractivity contribution in [1.29, 1.82) is 0 Å². The van der Waals surface area contributed by atoms with E-state index in [0.29, 0.717) is 0 Å². The van der Waals surface area contributed by atoms with Crippen LogP contribution in [0.25, 0.3) is 0 Å². The summed E-state index contributed by atoms with van der Waals surface area (Å²) >= 11 is 7.25. The molecule has 0 amide bonds. The van der Waals surface area contributed by atoms with Crippen LogP contribution >= 0.6 is 18.9 Å². The second-order valence-corrected chi connectivity index (χ2v) is 13.4. The van der Waals surface area contributed by atoms with Gasteiger partial charge in [0.15, 0.2) is 4.77 Å². The van der Waals surface area contributed by atoms with Gasteiger partial charge in [0.25, 0.3) is 0 Å². The van der Waals surface area contributed by atoms with Crippen LogP contribution in [0.15, 0.2) is 22.5 Å². The van der Waals surface area contributed by atoms with Crippen LogP contribution in [0.5, 0.6) is 0 Å². The molecule has 0 N–H and O–H groups in total. The van der Waals surface area contributed by atoms with Crippen molar-refractivity contribution in [1.82, 2.24) is 0 Å². The van der Waals surface area contributed by atoms with Crippen molar-refractivity contribution < 1.29 is 0 Å². The molecule has 0 saturated heterocycles. The Labute approximate surface area is 149 Å². The van der Waals surface area contributed by atoms with E-state index in [1.165, 1.54) is 87.4 Å². The van der Waals surface area contributed by atoms with E-state index in [1.807, 2.05) is 0 Å². The molecule has 23 heavy (non-hydrogen) atoms. The van der Waals surface area contributed by atoms with E-state index in [4.69, 9.17) is 11.6 Å². The summed E-state index contributed by atoms with van der Waals surface area (Å²) in [5.41, 5.74) is 4.26. The Hall–Kier alpha value is 0.200. The molecule has 0 spiro atoms. The molecule has 0 aliphatic heterocycles. The predicted molar refractivity (Wildman–Crippen MR) is 107 cm³/mol. The lowest BCUT2D eigenvalue weighted by Crippen LogP contribution is -2.29. The molecule has 3 rings (SSSR count). The lowest BCUT2D eigenvalue weighted by atomic mass is 10.3. The van der Waals surface area contributed by atoms with Gasteiger partial charge in [-0.1, -0.05) is 11.6 Å². The van der Waals surface area contributed by atoms with Gasteiger partial charge in [-0.15, -0.1) is 0 Å². The smallest absolute Gasteiger partial charge is 0.0763 e. The predicted octanol–water partition coefficient (Wildman–Crippen LogP) is 7.88. The monoisotopic (exact) mass is 353 g/mol. The summed E-state index contributed by atoms with van der Waals surface area (Å²) in [5, 5.41) is 0. The van der Waals surface area contributed by atoms with Crippen LogP contribution in [-0.2, 0) is 0 Å². The summed E-state index contributed by atoms with van der Waals surface area (Å²) in [7, 11) is -1.20. The highest BCUT2D eigenvalue weighted by atomic mass is 35.5. The normalized spacial score (nSPS) is 25.4. The molecule has 2 heteroatoms. The molecule has 3 aliphatic rings. The van der Waals surface area contributed by atoms with Gasteiger partial charge < -0.3 is 0 Å². The van der Waals surface area contributed by atoms with Crippen LogP contribution in [0.4, 0.5) is 0 Å². The van der Waals surface area contributed by atoms with Crippen LogP contribution in [-0.4, -0.2) is 17.0 Å². The van der Waals surface area contributed by atoms with Gasteiger partial charge in [-0.3, -0.25) is 0 Å². The highest BCUT2D eigenvalue weighted by Crippen LogP contribution is 2.83. The Morgan fingerprint density at radius 3 is 1.35 bits per heavy atom. The first kappa shape index (κ1) is 18.0. The van der Waals surface area contributed by atoms with Gasteiger partial charge in [0.05, 0.1) is 24.2 Å². The second kappa shape index (κ2) is 8.05. The number of hydrogen-bond donors (Lipinski definition) is 0. The fraction of sp³-hybridized carbons (Fsp3) is 0.810. The van der Waals surface area contributed by atoms with Crippen molar-refractivity contribution in [2.45, 2.75) is 108 Å². The fourth-order valence-electron chi connectivity index (χ4n) is 5.78. The molecule has 0 bridgehead atoms. The highest BCUT2D eigenvalue weighted by molar-refractivity contribution is 7.83. The molecule has 0 unspecified atom stereocenters. The summed E-state index contributed by atoms with van der Waals surface area (Å²) in [6.07, 6.45) is 22.2. The van der Waals surface area contributed by atoms with Crippen LogP contribution < -0.4 is 0 Å². The maximum Gasteiger partial charge on any atom is 0.160 e. The second-order valence-electron chi connectivity index (χ2n) is 8.38. The molecule has 0 aromatic rings. The molecule has 0 radical (unpaired) electrons. The summed E-state index contributed by atoms with van der Waals surface area (Å²) < 4.78 is 1.34. The molecule has 0 heterocycles. The van der Waals surface area contributed by atoms with Crippen molar-refractivity contribution in [2.75, 3.05) is 0 Å². The van der Waals surface area contributed by atoms with Crippen molar-refractivity contribution in [3.63, 3.8) is 0 Å². The van der Waals surface area contributed by atoms with Gasteiger partial charge in [-0.25, -0.2) is 0 Å². The van der Waals surface area contributed by atoms with E-state index >= 15 is 0 Å². The zero-order chi connectivity index (χ0) is 16.3. The number of hydrogen-bond acceptors (Lipinski definition) is 0. The van der Waals surface area contributed by atoms with Gasteiger partial charge in [-0.05, 0) is 109 Å². The first-order valence-electron chi connectivity index (χ1n) is 10.0. The fourth-order valence-corrected chi connectivity index (χ4v) is 13.9.